The molecule has 21 heavy (non-hydrogen) atoms. The Morgan fingerprint density at radius 1 is 1.05 bits per heavy atom. The van der Waals surface area contributed by atoms with Crippen LogP contribution in [0.15, 0.2) is 46.9 Å². The molecule has 0 amide bonds. The van der Waals surface area contributed by atoms with Gasteiger partial charge in [-0.1, -0.05) is 29.8 Å². The van der Waals surface area contributed by atoms with Gasteiger partial charge in [0.15, 0.2) is 0 Å². The molecule has 1 unspecified atom stereocenters. The average molecular weight is 281 g/mol. The van der Waals surface area contributed by atoms with E-state index in [1.165, 1.54) is 5.56 Å². The molecule has 0 bridgehead atoms. The van der Waals surface area contributed by atoms with E-state index in [4.69, 9.17) is 14.9 Å². The molecule has 0 spiro atoms. The van der Waals surface area contributed by atoms with Crippen molar-refractivity contribution in [3.05, 3.63) is 64.9 Å². The van der Waals surface area contributed by atoms with E-state index >= 15 is 0 Å². The van der Waals surface area contributed by atoms with E-state index in [1.807, 2.05) is 37.3 Å². The van der Waals surface area contributed by atoms with Gasteiger partial charge in [-0.05, 0) is 31.5 Å². The first-order chi connectivity index (χ1) is 10.1. The molecule has 3 rings (SSSR count). The van der Waals surface area contributed by atoms with Crippen molar-refractivity contribution in [3.8, 4) is 5.75 Å². The van der Waals surface area contributed by atoms with Crippen LogP contribution in [0.3, 0.4) is 0 Å². The molecular weight excluding hydrogens is 262 g/mol. The number of aryl methyl sites for hydroxylation is 2. The third-order valence-corrected chi connectivity index (χ3v) is 3.90. The SMILES string of the molecule is COc1ccc2c(C)c(C(N)c3ccc(C)cc3)oc2c1. The van der Waals surface area contributed by atoms with Crippen LogP contribution < -0.4 is 10.5 Å². The molecule has 0 aliphatic heterocycles. The maximum absolute atomic E-state index is 6.38. The maximum atomic E-state index is 6.38. The first kappa shape index (κ1) is 13.7. The van der Waals surface area contributed by atoms with Gasteiger partial charge in [-0.25, -0.2) is 0 Å². The second-order valence-corrected chi connectivity index (χ2v) is 5.34. The highest BCUT2D eigenvalue weighted by atomic mass is 16.5. The fraction of sp³-hybridized carbons (Fsp3) is 0.222. The number of benzene rings is 2. The van der Waals surface area contributed by atoms with Crippen molar-refractivity contribution < 1.29 is 9.15 Å². The predicted octanol–water partition coefficient (Wildman–Crippen LogP) is 4.11. The van der Waals surface area contributed by atoms with Crippen molar-refractivity contribution in [2.75, 3.05) is 7.11 Å². The van der Waals surface area contributed by atoms with E-state index in [0.29, 0.717) is 0 Å². The summed E-state index contributed by atoms with van der Waals surface area (Å²) >= 11 is 0. The van der Waals surface area contributed by atoms with Crippen molar-refractivity contribution in [2.45, 2.75) is 19.9 Å². The smallest absolute Gasteiger partial charge is 0.138 e. The number of hydrogen-bond donors (Lipinski definition) is 1. The Kier molecular flexibility index (Phi) is 3.43. The molecule has 0 saturated heterocycles. The summed E-state index contributed by atoms with van der Waals surface area (Å²) < 4.78 is 11.2. The van der Waals surface area contributed by atoms with Crippen molar-refractivity contribution in [2.24, 2.45) is 5.73 Å². The van der Waals surface area contributed by atoms with Gasteiger partial charge < -0.3 is 14.9 Å². The van der Waals surface area contributed by atoms with Crippen molar-refractivity contribution in [1.82, 2.24) is 0 Å². The molecule has 0 radical (unpaired) electrons. The van der Waals surface area contributed by atoms with Crippen LogP contribution in [0.25, 0.3) is 11.0 Å². The predicted molar refractivity (Wildman–Crippen MR) is 84.7 cm³/mol. The van der Waals surface area contributed by atoms with Gasteiger partial charge >= 0.3 is 0 Å². The minimum atomic E-state index is -0.260. The lowest BCUT2D eigenvalue weighted by molar-refractivity contribution is 0.414. The van der Waals surface area contributed by atoms with Gasteiger partial charge in [0.1, 0.15) is 17.1 Å². The summed E-state index contributed by atoms with van der Waals surface area (Å²) in [4.78, 5) is 0. The van der Waals surface area contributed by atoms with Crippen LogP contribution in [0, 0.1) is 13.8 Å². The molecule has 3 heteroatoms. The molecule has 2 N–H and O–H groups in total. The van der Waals surface area contributed by atoms with Gasteiger partial charge in [-0.15, -0.1) is 0 Å². The largest absolute Gasteiger partial charge is 0.497 e. The van der Waals surface area contributed by atoms with Crippen LogP contribution >= 0.6 is 0 Å². The Balaban J connectivity index is 2.07. The number of nitrogens with two attached hydrogens (primary N) is 1. The average Bonchev–Trinajstić information content (AvgIpc) is 2.83. The summed E-state index contributed by atoms with van der Waals surface area (Å²) in [5.74, 6) is 1.59. The highest BCUT2D eigenvalue weighted by Crippen LogP contribution is 2.33. The van der Waals surface area contributed by atoms with Gasteiger partial charge in [-0.2, -0.15) is 0 Å². The van der Waals surface area contributed by atoms with Crippen molar-refractivity contribution in [3.63, 3.8) is 0 Å². The van der Waals surface area contributed by atoms with E-state index in [-0.39, 0.29) is 6.04 Å². The molecule has 0 saturated carbocycles. The molecule has 108 valence electrons. The lowest BCUT2D eigenvalue weighted by Crippen LogP contribution is -2.11. The fourth-order valence-corrected chi connectivity index (χ4v) is 2.57. The Morgan fingerprint density at radius 3 is 2.43 bits per heavy atom. The van der Waals surface area contributed by atoms with Crippen LogP contribution in [0.1, 0.15) is 28.5 Å². The highest BCUT2D eigenvalue weighted by Gasteiger charge is 2.18. The van der Waals surface area contributed by atoms with Gasteiger partial charge in [0.2, 0.25) is 0 Å². The molecule has 0 aliphatic carbocycles. The molecule has 0 aliphatic rings. The Morgan fingerprint density at radius 2 is 1.76 bits per heavy atom. The molecule has 0 fully saturated rings. The van der Waals surface area contributed by atoms with Crippen molar-refractivity contribution >= 4 is 11.0 Å². The first-order valence-electron chi connectivity index (χ1n) is 6.99. The Hall–Kier alpha value is -2.26. The van der Waals surface area contributed by atoms with Crippen LogP contribution in [0.5, 0.6) is 5.75 Å². The minimum Gasteiger partial charge on any atom is -0.497 e. The summed E-state index contributed by atoms with van der Waals surface area (Å²) in [7, 11) is 1.65. The number of rotatable bonds is 3. The molecular formula is C18H19NO2. The summed E-state index contributed by atoms with van der Waals surface area (Å²) in [6, 6.07) is 13.8. The maximum Gasteiger partial charge on any atom is 0.138 e. The molecule has 1 heterocycles. The number of furan rings is 1. The van der Waals surface area contributed by atoms with Gasteiger partial charge in [-0.3, -0.25) is 0 Å². The number of hydrogen-bond acceptors (Lipinski definition) is 3. The van der Waals surface area contributed by atoms with E-state index in [9.17, 15) is 0 Å². The van der Waals surface area contributed by atoms with Gasteiger partial charge in [0.25, 0.3) is 0 Å². The number of methoxy groups -OCH3 is 1. The number of fused-ring (bicyclic) bond motifs is 1. The third-order valence-electron chi connectivity index (χ3n) is 3.90. The van der Waals surface area contributed by atoms with E-state index in [1.54, 1.807) is 7.11 Å². The first-order valence-corrected chi connectivity index (χ1v) is 6.99. The standard InChI is InChI=1S/C18H19NO2/c1-11-4-6-13(7-5-11)17(19)18-12(2)15-9-8-14(20-3)10-16(15)21-18/h4-10,17H,19H2,1-3H3. The minimum absolute atomic E-state index is 0.260. The fourth-order valence-electron chi connectivity index (χ4n) is 2.57. The van der Waals surface area contributed by atoms with Gasteiger partial charge in [0, 0.05) is 17.0 Å². The highest BCUT2D eigenvalue weighted by molar-refractivity contribution is 5.83. The quantitative estimate of drug-likeness (QED) is 0.786. The van der Waals surface area contributed by atoms with E-state index < -0.39 is 0 Å². The van der Waals surface area contributed by atoms with Crippen LogP contribution in [-0.4, -0.2) is 7.11 Å². The topological polar surface area (TPSA) is 48.4 Å². The number of ether oxygens (including phenoxy) is 1. The summed E-state index contributed by atoms with van der Waals surface area (Å²) in [6.45, 7) is 4.11. The second kappa shape index (κ2) is 5.26. The summed E-state index contributed by atoms with van der Waals surface area (Å²) in [5, 5.41) is 1.08. The lowest BCUT2D eigenvalue weighted by atomic mass is 10.0. The third kappa shape index (κ3) is 2.41. The monoisotopic (exact) mass is 281 g/mol. The van der Waals surface area contributed by atoms with Crippen molar-refractivity contribution in [1.29, 1.82) is 0 Å². The van der Waals surface area contributed by atoms with Crippen LogP contribution in [-0.2, 0) is 0 Å². The summed E-state index contributed by atoms with van der Waals surface area (Å²) in [5.41, 5.74) is 10.5. The Labute approximate surface area is 124 Å². The summed E-state index contributed by atoms with van der Waals surface area (Å²) in [6.07, 6.45) is 0. The molecule has 3 nitrogen and oxygen atoms in total. The van der Waals surface area contributed by atoms with E-state index in [2.05, 4.69) is 19.1 Å². The zero-order valence-electron chi connectivity index (χ0n) is 12.5. The van der Waals surface area contributed by atoms with Crippen LogP contribution in [0.2, 0.25) is 0 Å². The molecule has 3 aromatic rings. The second-order valence-electron chi connectivity index (χ2n) is 5.34. The molecule has 2 aromatic carbocycles. The van der Waals surface area contributed by atoms with Crippen LogP contribution in [0.4, 0.5) is 0 Å². The zero-order chi connectivity index (χ0) is 15.0. The normalized spacial score (nSPS) is 12.6. The Bertz CT molecular complexity index is 772. The molecule has 1 atom stereocenters. The van der Waals surface area contributed by atoms with E-state index in [0.717, 1.165) is 33.6 Å². The molecule has 1 aromatic heterocycles. The van der Waals surface area contributed by atoms with Gasteiger partial charge in [0.05, 0.1) is 13.2 Å². The zero-order valence-corrected chi connectivity index (χ0v) is 12.5. The lowest BCUT2D eigenvalue weighted by Gasteiger charge is -2.10.